The molecule has 0 spiro atoms. The van der Waals surface area contributed by atoms with Crippen LogP contribution in [0.15, 0.2) is 58.0 Å². The van der Waals surface area contributed by atoms with Gasteiger partial charge in [0.25, 0.3) is 5.89 Å². The molecule has 8 nitrogen and oxygen atoms in total. The lowest BCUT2D eigenvalue weighted by molar-refractivity contribution is 0.284. The van der Waals surface area contributed by atoms with Crippen LogP contribution in [0.4, 0.5) is 10.2 Å². The largest absolute Gasteiger partial charge is 0.414 e. The molecule has 0 radical (unpaired) electrons. The highest BCUT2D eigenvalue weighted by molar-refractivity contribution is 7.93. The highest BCUT2D eigenvalue weighted by Gasteiger charge is 2.52. The number of aromatic nitrogens is 4. The highest BCUT2D eigenvalue weighted by atomic mass is 32.2. The first-order valence-electron chi connectivity index (χ1n) is 10.2. The molecule has 2 aromatic heterocycles. The van der Waals surface area contributed by atoms with Crippen LogP contribution in [0.2, 0.25) is 0 Å². The standard InChI is InChI=1S/C23H20FN5O3S/c1-12-4-6-13(7-5-12)21-28-29-22(32-21)18-20(25)26-11-16(27-18)14-8-9-17-15(10-14)19(24)23(2,3)33(17,30)31/h4-11,19H,1-3H3,(H2,25,26)/t19-/m0/s1. The lowest BCUT2D eigenvalue weighted by Crippen LogP contribution is -2.30. The molecule has 10 heteroatoms. The van der Waals surface area contributed by atoms with Gasteiger partial charge in [-0.05, 0) is 45.0 Å². The fourth-order valence-electron chi connectivity index (χ4n) is 3.77. The van der Waals surface area contributed by atoms with Crippen molar-refractivity contribution in [3.8, 4) is 34.3 Å². The number of hydrogen-bond acceptors (Lipinski definition) is 8. The molecule has 2 aromatic carbocycles. The van der Waals surface area contributed by atoms with Gasteiger partial charge in [-0.2, -0.15) is 0 Å². The Hall–Kier alpha value is -3.66. The summed E-state index contributed by atoms with van der Waals surface area (Å²) < 4.78 is 44.6. The van der Waals surface area contributed by atoms with Crippen LogP contribution in [0.3, 0.4) is 0 Å². The van der Waals surface area contributed by atoms with E-state index in [4.69, 9.17) is 10.2 Å². The van der Waals surface area contributed by atoms with E-state index >= 15 is 4.39 Å². The number of alkyl halides is 1. The third-order valence-corrected chi connectivity index (χ3v) is 8.44. The molecule has 33 heavy (non-hydrogen) atoms. The summed E-state index contributed by atoms with van der Waals surface area (Å²) in [7, 11) is -3.78. The molecular formula is C23H20FN5O3S. The molecule has 0 unspecified atom stereocenters. The van der Waals surface area contributed by atoms with Crippen LogP contribution in [0.5, 0.6) is 0 Å². The number of sulfone groups is 1. The second-order valence-corrected chi connectivity index (χ2v) is 11.0. The van der Waals surface area contributed by atoms with Crippen molar-refractivity contribution in [2.24, 2.45) is 0 Å². The molecular weight excluding hydrogens is 445 g/mol. The predicted octanol–water partition coefficient (Wildman–Crippen LogP) is 4.33. The van der Waals surface area contributed by atoms with Crippen LogP contribution in [0.25, 0.3) is 34.3 Å². The zero-order valence-corrected chi connectivity index (χ0v) is 18.9. The Bertz CT molecular complexity index is 1500. The average Bonchev–Trinajstić information content (AvgIpc) is 3.32. The zero-order valence-electron chi connectivity index (χ0n) is 18.1. The quantitative estimate of drug-likeness (QED) is 0.474. The molecule has 168 valence electrons. The molecule has 0 saturated heterocycles. The van der Waals surface area contributed by atoms with Crippen molar-refractivity contribution in [2.75, 3.05) is 5.73 Å². The molecule has 1 aliphatic rings. The molecule has 0 amide bonds. The maximum absolute atomic E-state index is 15.0. The number of nitrogens with zero attached hydrogens (tertiary/aromatic N) is 4. The number of hydrogen-bond donors (Lipinski definition) is 1. The first-order valence-corrected chi connectivity index (χ1v) is 11.6. The third kappa shape index (κ3) is 3.20. The molecule has 1 aliphatic heterocycles. The molecule has 5 rings (SSSR count). The number of rotatable bonds is 3. The Morgan fingerprint density at radius 2 is 1.70 bits per heavy atom. The fraction of sp³-hybridized carbons (Fsp3) is 0.217. The van der Waals surface area contributed by atoms with Gasteiger partial charge in [0.2, 0.25) is 5.89 Å². The average molecular weight is 466 g/mol. The molecule has 3 heterocycles. The summed E-state index contributed by atoms with van der Waals surface area (Å²) in [4.78, 5) is 8.66. The van der Waals surface area contributed by atoms with E-state index in [2.05, 4.69) is 20.2 Å². The lowest BCUT2D eigenvalue weighted by atomic mass is 9.98. The van der Waals surface area contributed by atoms with Crippen molar-refractivity contribution in [2.45, 2.75) is 36.6 Å². The Balaban J connectivity index is 1.55. The second kappa shape index (κ2) is 7.17. The summed E-state index contributed by atoms with van der Waals surface area (Å²) in [5.41, 5.74) is 9.01. The maximum Gasteiger partial charge on any atom is 0.270 e. The van der Waals surface area contributed by atoms with Crippen molar-refractivity contribution >= 4 is 15.7 Å². The first-order chi connectivity index (χ1) is 15.6. The summed E-state index contributed by atoms with van der Waals surface area (Å²) in [6.45, 7) is 4.75. The predicted molar refractivity (Wildman–Crippen MR) is 120 cm³/mol. The fourth-order valence-corrected chi connectivity index (χ4v) is 5.46. The van der Waals surface area contributed by atoms with Gasteiger partial charge in [-0.25, -0.2) is 22.8 Å². The Labute approximate surface area is 189 Å². The molecule has 0 aliphatic carbocycles. The molecule has 0 fully saturated rings. The summed E-state index contributed by atoms with van der Waals surface area (Å²) >= 11 is 0. The summed E-state index contributed by atoms with van der Waals surface area (Å²) in [5.74, 6) is 0.485. The number of aryl methyl sites for hydroxylation is 1. The normalized spacial score (nSPS) is 18.2. The van der Waals surface area contributed by atoms with Gasteiger partial charge >= 0.3 is 0 Å². The highest BCUT2D eigenvalue weighted by Crippen LogP contribution is 2.49. The number of fused-ring (bicyclic) bond motifs is 1. The van der Waals surface area contributed by atoms with Gasteiger partial charge in [-0.3, -0.25) is 0 Å². The smallest absolute Gasteiger partial charge is 0.270 e. The van der Waals surface area contributed by atoms with Gasteiger partial charge in [0, 0.05) is 16.7 Å². The first kappa shape index (κ1) is 21.2. The Morgan fingerprint density at radius 3 is 2.42 bits per heavy atom. The molecule has 0 bridgehead atoms. The van der Waals surface area contributed by atoms with E-state index in [1.54, 1.807) is 6.07 Å². The number of anilines is 1. The van der Waals surface area contributed by atoms with Crippen LogP contribution in [0, 0.1) is 6.92 Å². The van der Waals surface area contributed by atoms with Crippen LogP contribution in [-0.4, -0.2) is 33.3 Å². The van der Waals surface area contributed by atoms with Crippen LogP contribution >= 0.6 is 0 Å². The molecule has 0 saturated carbocycles. The van der Waals surface area contributed by atoms with Crippen molar-refractivity contribution < 1.29 is 17.2 Å². The van der Waals surface area contributed by atoms with E-state index < -0.39 is 20.8 Å². The Morgan fingerprint density at radius 1 is 1.03 bits per heavy atom. The van der Waals surface area contributed by atoms with Crippen molar-refractivity contribution in [1.29, 1.82) is 0 Å². The van der Waals surface area contributed by atoms with Crippen molar-refractivity contribution in [3.05, 3.63) is 59.8 Å². The van der Waals surface area contributed by atoms with E-state index in [9.17, 15) is 8.42 Å². The van der Waals surface area contributed by atoms with Crippen molar-refractivity contribution in [3.63, 3.8) is 0 Å². The minimum absolute atomic E-state index is 0.00739. The van der Waals surface area contributed by atoms with Gasteiger partial charge in [0.1, 0.15) is 10.9 Å². The minimum atomic E-state index is -3.78. The maximum atomic E-state index is 15.0. The van der Waals surface area contributed by atoms with E-state index in [1.807, 2.05) is 31.2 Å². The van der Waals surface area contributed by atoms with Crippen molar-refractivity contribution in [1.82, 2.24) is 20.2 Å². The van der Waals surface area contributed by atoms with Crippen LogP contribution in [-0.2, 0) is 9.84 Å². The third-order valence-electron chi connectivity index (χ3n) is 5.90. The lowest BCUT2D eigenvalue weighted by Gasteiger charge is -2.19. The monoisotopic (exact) mass is 465 g/mol. The molecule has 4 aromatic rings. The van der Waals surface area contributed by atoms with Crippen LogP contribution in [0.1, 0.15) is 31.1 Å². The van der Waals surface area contributed by atoms with E-state index in [0.29, 0.717) is 17.1 Å². The summed E-state index contributed by atoms with van der Waals surface area (Å²) in [5, 5.41) is 8.12. The van der Waals surface area contributed by atoms with E-state index in [0.717, 1.165) is 11.1 Å². The SMILES string of the molecule is Cc1ccc(-c2nnc(-c3nc(-c4ccc5c(c4)[C@H](F)C(C)(C)S5(=O)=O)cnc3N)o2)cc1. The van der Waals surface area contributed by atoms with Crippen LogP contribution < -0.4 is 5.73 Å². The minimum Gasteiger partial charge on any atom is -0.414 e. The number of nitrogens with two attached hydrogens (primary N) is 1. The van der Waals surface area contributed by atoms with E-state index in [-0.39, 0.29) is 27.9 Å². The number of halogens is 1. The van der Waals surface area contributed by atoms with Gasteiger partial charge in [-0.15, -0.1) is 10.2 Å². The van der Waals surface area contributed by atoms with Gasteiger partial charge in [-0.1, -0.05) is 23.8 Å². The molecule has 1 atom stereocenters. The topological polar surface area (TPSA) is 125 Å². The number of benzene rings is 2. The van der Waals surface area contributed by atoms with Gasteiger partial charge in [0.05, 0.1) is 16.8 Å². The number of nitrogen functional groups attached to an aromatic ring is 1. The van der Waals surface area contributed by atoms with E-state index in [1.165, 1.54) is 32.2 Å². The zero-order chi connectivity index (χ0) is 23.5. The van der Waals surface area contributed by atoms with Gasteiger partial charge < -0.3 is 10.2 Å². The Kier molecular flexibility index (Phi) is 4.61. The molecule has 2 N–H and O–H groups in total. The van der Waals surface area contributed by atoms with Gasteiger partial charge in [0.15, 0.2) is 21.3 Å². The second-order valence-electron chi connectivity index (χ2n) is 8.49. The summed E-state index contributed by atoms with van der Waals surface area (Å²) in [6, 6.07) is 12.1. The summed E-state index contributed by atoms with van der Waals surface area (Å²) in [6.07, 6.45) is -0.230.